The second kappa shape index (κ2) is 7.00. The van der Waals surface area contributed by atoms with Crippen LogP contribution in [-0.4, -0.2) is 41.9 Å². The van der Waals surface area contributed by atoms with Gasteiger partial charge in [-0.1, -0.05) is 11.2 Å². The van der Waals surface area contributed by atoms with Gasteiger partial charge in [0.15, 0.2) is 0 Å². The smallest absolute Gasteiger partial charge is 0.287 e. The predicted octanol–water partition coefficient (Wildman–Crippen LogP) is -0.0656. The molecule has 0 radical (unpaired) electrons. The SMILES string of the molecule is NS(=O)(=O)N[C@H]1C[C@@H](Oc2nonc2/C(=N\O)N[C@H]2Cc3ccc(F)cc32)C1. The minimum atomic E-state index is -3.77. The molecule has 28 heavy (non-hydrogen) atoms. The van der Waals surface area contributed by atoms with Gasteiger partial charge in [-0.15, -0.1) is 0 Å². The first-order valence-electron chi connectivity index (χ1n) is 8.39. The van der Waals surface area contributed by atoms with E-state index in [0.29, 0.717) is 19.3 Å². The standard InChI is InChI=1S/C15H17FN6O5S/c16-8-2-1-7-3-12(11(7)4-8)18-14(19-23)13-15(21-27-20-13)26-10-5-9(6-10)22-28(17,24)25/h1-2,4,9-10,12,22-23H,3,5-6H2,(H,18,19)(H2,17,24,25)/t9-,10+,12-/m0/s1. The molecule has 0 amide bonds. The summed E-state index contributed by atoms with van der Waals surface area (Å²) in [5.74, 6) is -0.389. The molecule has 1 saturated carbocycles. The summed E-state index contributed by atoms with van der Waals surface area (Å²) in [6.07, 6.45) is 1.07. The number of nitrogens with zero attached hydrogens (tertiary/aromatic N) is 3. The Morgan fingerprint density at radius 3 is 2.89 bits per heavy atom. The third-order valence-electron chi connectivity index (χ3n) is 4.71. The van der Waals surface area contributed by atoms with Crippen LogP contribution in [0.3, 0.4) is 0 Å². The van der Waals surface area contributed by atoms with E-state index >= 15 is 0 Å². The number of hydrogen-bond donors (Lipinski definition) is 4. The summed E-state index contributed by atoms with van der Waals surface area (Å²) in [6, 6.07) is 3.92. The molecule has 1 aromatic heterocycles. The quantitative estimate of drug-likeness (QED) is 0.222. The van der Waals surface area contributed by atoms with Crippen molar-refractivity contribution in [1.82, 2.24) is 20.4 Å². The fourth-order valence-corrected chi connectivity index (χ4v) is 3.92. The van der Waals surface area contributed by atoms with Gasteiger partial charge in [-0.3, -0.25) is 0 Å². The van der Waals surface area contributed by atoms with Crippen LogP contribution in [0.1, 0.15) is 35.7 Å². The molecular formula is C15H17FN6O5S. The molecule has 0 unspecified atom stereocenters. The second-order valence-electron chi connectivity index (χ2n) is 6.68. The first kappa shape index (κ1) is 18.6. The number of benzene rings is 1. The lowest BCUT2D eigenvalue weighted by atomic mass is 9.83. The normalized spacial score (nSPS) is 24.1. The van der Waals surface area contributed by atoms with Gasteiger partial charge < -0.3 is 15.3 Å². The van der Waals surface area contributed by atoms with Crippen LogP contribution in [-0.2, 0) is 16.6 Å². The van der Waals surface area contributed by atoms with Crippen molar-refractivity contribution in [2.75, 3.05) is 0 Å². The van der Waals surface area contributed by atoms with Crippen LogP contribution < -0.4 is 19.9 Å². The maximum Gasteiger partial charge on any atom is 0.287 e. The third kappa shape index (κ3) is 3.76. The van der Waals surface area contributed by atoms with Gasteiger partial charge in [0.25, 0.3) is 16.1 Å². The molecule has 5 N–H and O–H groups in total. The van der Waals surface area contributed by atoms with Crippen LogP contribution in [0.5, 0.6) is 5.88 Å². The number of aromatic nitrogens is 2. The number of halogens is 1. The van der Waals surface area contributed by atoms with Gasteiger partial charge in [-0.05, 0) is 40.0 Å². The third-order valence-corrected chi connectivity index (χ3v) is 5.37. The molecule has 2 aliphatic rings. The predicted molar refractivity (Wildman–Crippen MR) is 92.3 cm³/mol. The zero-order valence-electron chi connectivity index (χ0n) is 14.4. The molecule has 2 aliphatic carbocycles. The van der Waals surface area contributed by atoms with E-state index in [1.807, 2.05) is 0 Å². The van der Waals surface area contributed by atoms with Crippen molar-refractivity contribution in [3.8, 4) is 5.88 Å². The number of amidine groups is 1. The number of nitrogens with two attached hydrogens (primary N) is 1. The van der Waals surface area contributed by atoms with E-state index in [1.165, 1.54) is 12.1 Å². The number of fused-ring (bicyclic) bond motifs is 1. The monoisotopic (exact) mass is 412 g/mol. The topological polar surface area (TPSA) is 165 Å². The second-order valence-corrected chi connectivity index (χ2v) is 8.01. The minimum absolute atomic E-state index is 0.00172. The molecule has 11 nitrogen and oxygen atoms in total. The fraction of sp³-hybridized carbons (Fsp3) is 0.400. The van der Waals surface area contributed by atoms with Gasteiger partial charge in [0.2, 0.25) is 11.5 Å². The molecule has 1 atom stereocenters. The molecule has 4 rings (SSSR count). The first-order valence-corrected chi connectivity index (χ1v) is 9.93. The molecule has 0 aliphatic heterocycles. The highest BCUT2D eigenvalue weighted by atomic mass is 32.2. The summed E-state index contributed by atoms with van der Waals surface area (Å²) in [7, 11) is -3.77. The number of nitrogens with one attached hydrogen (secondary N) is 2. The zero-order valence-corrected chi connectivity index (χ0v) is 15.2. The number of hydrogen-bond acceptors (Lipinski definition) is 8. The Labute approximate surface area is 158 Å². The van der Waals surface area contributed by atoms with E-state index < -0.39 is 10.2 Å². The van der Waals surface area contributed by atoms with Crippen molar-refractivity contribution in [2.45, 2.75) is 37.5 Å². The highest BCUT2D eigenvalue weighted by molar-refractivity contribution is 7.87. The molecule has 13 heteroatoms. The van der Waals surface area contributed by atoms with Crippen molar-refractivity contribution in [1.29, 1.82) is 0 Å². The van der Waals surface area contributed by atoms with Crippen molar-refractivity contribution in [3.63, 3.8) is 0 Å². The average Bonchev–Trinajstić information content (AvgIpc) is 3.03. The molecule has 1 aromatic carbocycles. The van der Waals surface area contributed by atoms with Gasteiger partial charge in [-0.25, -0.2) is 14.2 Å². The number of ether oxygens (including phenoxy) is 1. The first-order chi connectivity index (χ1) is 13.3. The van der Waals surface area contributed by atoms with Gasteiger partial charge in [0, 0.05) is 18.9 Å². The van der Waals surface area contributed by atoms with E-state index in [9.17, 15) is 18.0 Å². The fourth-order valence-electron chi connectivity index (χ4n) is 3.26. The maximum absolute atomic E-state index is 13.4. The summed E-state index contributed by atoms with van der Waals surface area (Å²) in [6.45, 7) is 0. The Kier molecular flexibility index (Phi) is 4.64. The van der Waals surface area contributed by atoms with Crippen LogP contribution in [0.25, 0.3) is 0 Å². The summed E-state index contributed by atoms with van der Waals surface area (Å²) >= 11 is 0. The number of rotatable bonds is 6. The lowest BCUT2D eigenvalue weighted by molar-refractivity contribution is 0.0847. The Balaban J connectivity index is 1.39. The van der Waals surface area contributed by atoms with E-state index in [-0.39, 0.29) is 41.4 Å². The Morgan fingerprint density at radius 1 is 1.39 bits per heavy atom. The molecule has 0 saturated heterocycles. The van der Waals surface area contributed by atoms with E-state index in [1.54, 1.807) is 6.07 Å². The van der Waals surface area contributed by atoms with Crippen LogP contribution in [0.2, 0.25) is 0 Å². The lowest BCUT2D eigenvalue weighted by Gasteiger charge is -2.34. The van der Waals surface area contributed by atoms with Crippen LogP contribution in [0, 0.1) is 5.82 Å². The van der Waals surface area contributed by atoms with Crippen molar-refractivity contribution in [3.05, 3.63) is 40.8 Å². The maximum atomic E-state index is 13.4. The Hall–Kier alpha value is -2.77. The van der Waals surface area contributed by atoms with E-state index in [4.69, 9.17) is 9.88 Å². The molecule has 150 valence electrons. The molecule has 1 fully saturated rings. The van der Waals surface area contributed by atoms with Gasteiger partial charge >= 0.3 is 0 Å². The van der Waals surface area contributed by atoms with Crippen LogP contribution in [0.4, 0.5) is 4.39 Å². The van der Waals surface area contributed by atoms with E-state index in [0.717, 1.165) is 11.1 Å². The molecule has 0 spiro atoms. The van der Waals surface area contributed by atoms with Crippen LogP contribution in [0.15, 0.2) is 28.0 Å². The minimum Gasteiger partial charge on any atom is -0.470 e. The zero-order chi connectivity index (χ0) is 19.9. The van der Waals surface area contributed by atoms with Gasteiger partial charge in [0.05, 0.1) is 6.04 Å². The van der Waals surface area contributed by atoms with Crippen molar-refractivity contribution in [2.24, 2.45) is 10.3 Å². The van der Waals surface area contributed by atoms with Crippen molar-refractivity contribution >= 4 is 16.0 Å². The molecular weight excluding hydrogens is 395 g/mol. The molecule has 1 heterocycles. The summed E-state index contributed by atoms with van der Waals surface area (Å²) in [5.41, 5.74) is 1.81. The highest BCUT2D eigenvalue weighted by Gasteiger charge is 2.36. The highest BCUT2D eigenvalue weighted by Crippen LogP contribution is 2.34. The van der Waals surface area contributed by atoms with Gasteiger partial charge in [0.1, 0.15) is 11.9 Å². The summed E-state index contributed by atoms with van der Waals surface area (Å²) in [5, 5.41) is 27.8. The largest absolute Gasteiger partial charge is 0.470 e. The average molecular weight is 412 g/mol. The summed E-state index contributed by atoms with van der Waals surface area (Å²) in [4.78, 5) is 0. The van der Waals surface area contributed by atoms with Crippen LogP contribution >= 0.6 is 0 Å². The van der Waals surface area contributed by atoms with Gasteiger partial charge in [-0.2, -0.15) is 13.1 Å². The Bertz CT molecular complexity index is 1020. The number of oxime groups is 1. The summed E-state index contributed by atoms with van der Waals surface area (Å²) < 4.78 is 48.0. The molecule has 2 aromatic rings. The lowest BCUT2D eigenvalue weighted by Crippen LogP contribution is -2.50. The van der Waals surface area contributed by atoms with Crippen molar-refractivity contribution < 1.29 is 27.4 Å². The molecule has 0 bridgehead atoms. The van der Waals surface area contributed by atoms with E-state index in [2.05, 4.69) is 30.1 Å². The Morgan fingerprint density at radius 2 is 2.18 bits per heavy atom.